The zero-order valence-corrected chi connectivity index (χ0v) is 10.5. The Morgan fingerprint density at radius 3 is 2.72 bits per heavy atom. The quantitative estimate of drug-likeness (QED) is 0.301. The molecule has 0 fully saturated rings. The summed E-state index contributed by atoms with van der Waals surface area (Å²) < 4.78 is 4.88. The lowest BCUT2D eigenvalue weighted by Crippen LogP contribution is -2.49. The molecule has 0 saturated heterocycles. The van der Waals surface area contributed by atoms with E-state index in [0.717, 1.165) is 0 Å². The molecule has 0 unspecified atom stereocenters. The van der Waals surface area contributed by atoms with Crippen molar-refractivity contribution in [3.63, 3.8) is 0 Å². The van der Waals surface area contributed by atoms with E-state index in [2.05, 4.69) is 15.6 Å². The van der Waals surface area contributed by atoms with Crippen molar-refractivity contribution in [1.29, 1.82) is 0 Å². The van der Waals surface area contributed by atoms with Gasteiger partial charge in [0, 0.05) is 6.07 Å². The molecule has 0 radical (unpaired) electrons. The standard InChI is InChI=1S/C11H18N4O3/c1-3-11(4-2,9(12)15-17)10(16)13-7-8-5-6-14-18-8/h5-6,17H,3-4,7H2,1-2H3,(H2,12,15)(H,13,16). The summed E-state index contributed by atoms with van der Waals surface area (Å²) in [6.45, 7) is 3.85. The van der Waals surface area contributed by atoms with Crippen LogP contribution in [0.3, 0.4) is 0 Å². The van der Waals surface area contributed by atoms with Crippen LogP contribution < -0.4 is 11.1 Å². The zero-order valence-electron chi connectivity index (χ0n) is 10.5. The van der Waals surface area contributed by atoms with Gasteiger partial charge in [-0.05, 0) is 12.8 Å². The molecular weight excluding hydrogens is 236 g/mol. The van der Waals surface area contributed by atoms with Crippen molar-refractivity contribution in [3.8, 4) is 0 Å². The van der Waals surface area contributed by atoms with Crippen LogP contribution in [0.25, 0.3) is 0 Å². The maximum Gasteiger partial charge on any atom is 0.234 e. The Morgan fingerprint density at radius 1 is 1.61 bits per heavy atom. The Morgan fingerprint density at radius 2 is 2.28 bits per heavy atom. The average molecular weight is 254 g/mol. The summed E-state index contributed by atoms with van der Waals surface area (Å²) in [6.07, 6.45) is 2.39. The first-order valence-electron chi connectivity index (χ1n) is 5.76. The Balaban J connectivity index is 2.77. The minimum Gasteiger partial charge on any atom is -0.409 e. The first-order chi connectivity index (χ1) is 8.60. The van der Waals surface area contributed by atoms with E-state index in [4.69, 9.17) is 15.5 Å². The molecule has 1 rings (SSSR count). The highest BCUT2D eigenvalue weighted by Gasteiger charge is 2.39. The molecule has 100 valence electrons. The van der Waals surface area contributed by atoms with E-state index in [1.165, 1.54) is 6.20 Å². The molecule has 18 heavy (non-hydrogen) atoms. The molecular formula is C11H18N4O3. The molecule has 1 amide bonds. The van der Waals surface area contributed by atoms with E-state index in [-0.39, 0.29) is 18.3 Å². The highest BCUT2D eigenvalue weighted by atomic mass is 16.5. The summed E-state index contributed by atoms with van der Waals surface area (Å²) in [5, 5.41) is 18.0. The van der Waals surface area contributed by atoms with Crippen LogP contribution in [0.2, 0.25) is 0 Å². The minimum atomic E-state index is -0.991. The Bertz CT molecular complexity index is 410. The summed E-state index contributed by atoms with van der Waals surface area (Å²) in [5.74, 6) is 0.172. The number of oxime groups is 1. The van der Waals surface area contributed by atoms with Gasteiger partial charge in [-0.1, -0.05) is 24.2 Å². The van der Waals surface area contributed by atoms with Crippen LogP contribution in [0.15, 0.2) is 21.9 Å². The molecule has 7 heteroatoms. The first kappa shape index (κ1) is 14.0. The van der Waals surface area contributed by atoms with Crippen molar-refractivity contribution in [2.75, 3.05) is 0 Å². The van der Waals surface area contributed by atoms with Gasteiger partial charge in [-0.25, -0.2) is 0 Å². The van der Waals surface area contributed by atoms with Crippen LogP contribution in [0.1, 0.15) is 32.4 Å². The fourth-order valence-electron chi connectivity index (χ4n) is 1.82. The Kier molecular flexibility index (Phi) is 4.70. The maximum absolute atomic E-state index is 12.2. The number of carbonyl (C=O) groups is 1. The molecule has 0 spiro atoms. The molecule has 1 aromatic rings. The van der Waals surface area contributed by atoms with Crippen LogP contribution >= 0.6 is 0 Å². The van der Waals surface area contributed by atoms with Gasteiger partial charge in [-0.15, -0.1) is 0 Å². The third kappa shape index (κ3) is 2.61. The fraction of sp³-hybridized carbons (Fsp3) is 0.545. The van der Waals surface area contributed by atoms with Crippen LogP contribution in [0, 0.1) is 5.41 Å². The van der Waals surface area contributed by atoms with Gasteiger partial charge in [0.2, 0.25) is 5.91 Å². The minimum absolute atomic E-state index is 0.0810. The third-order valence-electron chi connectivity index (χ3n) is 3.15. The summed E-state index contributed by atoms with van der Waals surface area (Å²) in [6, 6.07) is 1.66. The smallest absolute Gasteiger partial charge is 0.234 e. The van der Waals surface area contributed by atoms with Gasteiger partial charge in [0.15, 0.2) is 11.6 Å². The van der Waals surface area contributed by atoms with Crippen LogP contribution in [0.5, 0.6) is 0 Å². The van der Waals surface area contributed by atoms with Gasteiger partial charge in [0.1, 0.15) is 5.41 Å². The zero-order chi connectivity index (χ0) is 13.6. The molecule has 1 heterocycles. The van der Waals surface area contributed by atoms with Crippen molar-refractivity contribution < 1.29 is 14.5 Å². The number of hydrogen-bond donors (Lipinski definition) is 3. The van der Waals surface area contributed by atoms with Crippen molar-refractivity contribution >= 4 is 11.7 Å². The predicted octanol–water partition coefficient (Wildman–Crippen LogP) is 0.844. The molecule has 0 aromatic carbocycles. The highest BCUT2D eigenvalue weighted by Crippen LogP contribution is 2.27. The van der Waals surface area contributed by atoms with Gasteiger partial charge in [-0.3, -0.25) is 4.79 Å². The molecule has 0 saturated carbocycles. The van der Waals surface area contributed by atoms with E-state index in [1.54, 1.807) is 6.07 Å². The summed E-state index contributed by atoms with van der Waals surface area (Å²) in [7, 11) is 0. The molecule has 4 N–H and O–H groups in total. The van der Waals surface area contributed by atoms with E-state index in [9.17, 15) is 4.79 Å². The second kappa shape index (κ2) is 6.04. The predicted molar refractivity (Wildman–Crippen MR) is 64.8 cm³/mol. The number of aromatic nitrogens is 1. The van der Waals surface area contributed by atoms with Gasteiger partial charge in [-0.2, -0.15) is 0 Å². The number of rotatable bonds is 6. The SMILES string of the molecule is CCC(CC)(C(=O)NCc1ccno1)C(N)=NO. The van der Waals surface area contributed by atoms with E-state index in [1.807, 2.05) is 13.8 Å². The molecule has 0 bridgehead atoms. The number of nitrogens with one attached hydrogen (secondary N) is 1. The number of amides is 1. The maximum atomic E-state index is 12.2. The molecule has 0 aliphatic rings. The van der Waals surface area contributed by atoms with Crippen LogP contribution in [0.4, 0.5) is 0 Å². The third-order valence-corrected chi connectivity index (χ3v) is 3.15. The molecule has 1 aromatic heterocycles. The lowest BCUT2D eigenvalue weighted by Gasteiger charge is -2.28. The van der Waals surface area contributed by atoms with Gasteiger partial charge < -0.3 is 20.8 Å². The number of amidine groups is 1. The highest BCUT2D eigenvalue weighted by molar-refractivity contribution is 6.06. The molecule has 7 nitrogen and oxygen atoms in total. The Hall–Kier alpha value is -2.05. The van der Waals surface area contributed by atoms with Gasteiger partial charge in [0.05, 0.1) is 12.7 Å². The largest absolute Gasteiger partial charge is 0.409 e. The second-order valence-corrected chi connectivity index (χ2v) is 3.94. The van der Waals surface area contributed by atoms with Crippen molar-refractivity contribution in [3.05, 3.63) is 18.0 Å². The summed E-state index contributed by atoms with van der Waals surface area (Å²) in [5.41, 5.74) is 4.64. The lowest BCUT2D eigenvalue weighted by molar-refractivity contribution is -0.128. The topological polar surface area (TPSA) is 114 Å². The molecule has 0 aliphatic heterocycles. The Labute approximate surface area is 105 Å². The van der Waals surface area contributed by atoms with Crippen LogP contribution in [-0.2, 0) is 11.3 Å². The van der Waals surface area contributed by atoms with E-state index in [0.29, 0.717) is 18.6 Å². The van der Waals surface area contributed by atoms with E-state index < -0.39 is 5.41 Å². The second-order valence-electron chi connectivity index (χ2n) is 3.94. The first-order valence-corrected chi connectivity index (χ1v) is 5.76. The van der Waals surface area contributed by atoms with Gasteiger partial charge >= 0.3 is 0 Å². The van der Waals surface area contributed by atoms with Gasteiger partial charge in [0.25, 0.3) is 0 Å². The number of hydrogen-bond acceptors (Lipinski definition) is 5. The number of carbonyl (C=O) groups excluding carboxylic acids is 1. The van der Waals surface area contributed by atoms with Crippen molar-refractivity contribution in [1.82, 2.24) is 10.5 Å². The van der Waals surface area contributed by atoms with E-state index >= 15 is 0 Å². The summed E-state index contributed by atoms with van der Waals surface area (Å²) >= 11 is 0. The van der Waals surface area contributed by atoms with Crippen molar-refractivity contribution in [2.45, 2.75) is 33.2 Å². The van der Waals surface area contributed by atoms with Crippen LogP contribution in [-0.4, -0.2) is 22.1 Å². The lowest BCUT2D eigenvalue weighted by atomic mass is 9.80. The average Bonchev–Trinajstić information content (AvgIpc) is 2.91. The number of nitrogens with zero attached hydrogens (tertiary/aromatic N) is 2. The fourth-order valence-corrected chi connectivity index (χ4v) is 1.82. The monoisotopic (exact) mass is 254 g/mol. The normalized spacial score (nSPS) is 12.4. The van der Waals surface area contributed by atoms with Crippen molar-refractivity contribution in [2.24, 2.45) is 16.3 Å². The number of nitrogens with two attached hydrogens (primary N) is 1. The molecule has 0 aliphatic carbocycles. The molecule has 0 atom stereocenters. The summed E-state index contributed by atoms with van der Waals surface area (Å²) in [4.78, 5) is 12.2.